The van der Waals surface area contributed by atoms with Crippen molar-refractivity contribution in [2.75, 3.05) is 11.1 Å². The van der Waals surface area contributed by atoms with Crippen LogP contribution in [0.2, 0.25) is 0 Å². The molecule has 3 heterocycles. The van der Waals surface area contributed by atoms with E-state index in [0.29, 0.717) is 16.7 Å². The minimum absolute atomic E-state index is 0.0550. The molecule has 3 aromatic heterocycles. The zero-order valence-electron chi connectivity index (χ0n) is 14.6. The van der Waals surface area contributed by atoms with Crippen molar-refractivity contribution in [3.05, 3.63) is 48.4 Å². The van der Waals surface area contributed by atoms with Gasteiger partial charge in [0.05, 0.1) is 22.9 Å². The summed E-state index contributed by atoms with van der Waals surface area (Å²) < 4.78 is 43.6. The Bertz CT molecular complexity index is 1150. The zero-order valence-corrected chi connectivity index (χ0v) is 14.6. The highest BCUT2D eigenvalue weighted by Gasteiger charge is 2.16. The summed E-state index contributed by atoms with van der Waals surface area (Å²) in [5.74, 6) is -0.103. The van der Waals surface area contributed by atoms with Crippen LogP contribution in [-0.4, -0.2) is 36.1 Å². The van der Waals surface area contributed by atoms with Crippen molar-refractivity contribution in [1.29, 1.82) is 0 Å². The third kappa shape index (κ3) is 3.85. The molecule has 0 aliphatic heterocycles. The minimum atomic E-state index is -2.97. The molecule has 0 radical (unpaired) electrons. The van der Waals surface area contributed by atoms with Crippen LogP contribution in [0.3, 0.4) is 0 Å². The van der Waals surface area contributed by atoms with Gasteiger partial charge in [0.1, 0.15) is 12.5 Å². The Hall–Kier alpha value is -3.96. The molecule has 0 saturated heterocycles. The van der Waals surface area contributed by atoms with Crippen LogP contribution in [0.4, 0.5) is 30.8 Å². The summed E-state index contributed by atoms with van der Waals surface area (Å²) in [5.41, 5.74) is 7.36. The van der Waals surface area contributed by atoms with Crippen molar-refractivity contribution in [3.8, 4) is 11.8 Å². The van der Waals surface area contributed by atoms with Crippen molar-refractivity contribution in [2.45, 2.75) is 13.3 Å². The van der Waals surface area contributed by atoms with Gasteiger partial charge in [0.15, 0.2) is 0 Å². The number of imidazole rings is 1. The maximum Gasteiger partial charge on any atom is 0.388 e. The summed E-state index contributed by atoms with van der Waals surface area (Å²) in [5, 5.41) is 2.84. The van der Waals surface area contributed by atoms with Gasteiger partial charge in [0.2, 0.25) is 23.7 Å². The van der Waals surface area contributed by atoms with E-state index in [0.717, 1.165) is 0 Å². The number of alkyl halides is 3. The summed E-state index contributed by atoms with van der Waals surface area (Å²) >= 11 is 0. The van der Waals surface area contributed by atoms with Gasteiger partial charge in [0, 0.05) is 6.07 Å². The Morgan fingerprint density at radius 2 is 1.90 bits per heavy atom. The van der Waals surface area contributed by atoms with Crippen LogP contribution < -0.4 is 15.8 Å². The summed E-state index contributed by atoms with van der Waals surface area (Å²) in [6.45, 7) is -3.81. The first kappa shape index (κ1) is 18.4. The number of rotatable bonds is 6. The van der Waals surface area contributed by atoms with E-state index in [4.69, 9.17) is 5.73 Å². The van der Waals surface area contributed by atoms with E-state index in [2.05, 4.69) is 35.0 Å². The zero-order chi connectivity index (χ0) is 20.4. The highest BCUT2D eigenvalue weighted by molar-refractivity contribution is 5.77. The van der Waals surface area contributed by atoms with Gasteiger partial charge in [-0.1, -0.05) is 12.1 Å². The molecule has 9 nitrogen and oxygen atoms in total. The SMILES string of the molecule is Nc1nc(Nc2ccc(OC(F)F)nc2)nc(-n2c(CF)nc3ccccc32)n1. The van der Waals surface area contributed by atoms with E-state index >= 15 is 0 Å². The fraction of sp³-hybridized carbons (Fsp3) is 0.118. The average molecular weight is 402 g/mol. The van der Waals surface area contributed by atoms with Gasteiger partial charge in [0.25, 0.3) is 0 Å². The number of ether oxygens (including phenoxy) is 1. The quantitative estimate of drug-likeness (QED) is 0.506. The first-order chi connectivity index (χ1) is 14.0. The number of halogens is 3. The third-order valence-corrected chi connectivity index (χ3v) is 3.79. The maximum absolute atomic E-state index is 13.5. The Labute approximate surface area is 161 Å². The molecule has 3 N–H and O–H groups in total. The molecule has 0 atom stereocenters. The lowest BCUT2D eigenvalue weighted by Crippen LogP contribution is -2.11. The maximum atomic E-state index is 13.5. The highest BCUT2D eigenvalue weighted by atomic mass is 19.3. The summed E-state index contributed by atoms with van der Waals surface area (Å²) in [6, 6.07) is 9.75. The second-order valence-corrected chi connectivity index (χ2v) is 5.69. The third-order valence-electron chi connectivity index (χ3n) is 3.79. The fourth-order valence-electron chi connectivity index (χ4n) is 2.67. The molecule has 1 aromatic carbocycles. The van der Waals surface area contributed by atoms with Crippen molar-refractivity contribution in [1.82, 2.24) is 29.5 Å². The number of benzene rings is 1. The molecular weight excluding hydrogens is 389 g/mol. The van der Waals surface area contributed by atoms with E-state index in [1.807, 2.05) is 0 Å². The molecule has 12 heteroatoms. The van der Waals surface area contributed by atoms with Gasteiger partial charge in [-0.05, 0) is 18.2 Å². The van der Waals surface area contributed by atoms with E-state index in [-0.39, 0.29) is 29.5 Å². The number of aromatic nitrogens is 6. The molecular formula is C17H13F3N8O. The predicted molar refractivity (Wildman–Crippen MR) is 97.8 cm³/mol. The summed E-state index contributed by atoms with van der Waals surface area (Å²) in [7, 11) is 0. The van der Waals surface area contributed by atoms with Crippen LogP contribution in [0.25, 0.3) is 17.0 Å². The molecule has 0 amide bonds. The van der Waals surface area contributed by atoms with Gasteiger partial charge < -0.3 is 15.8 Å². The van der Waals surface area contributed by atoms with Crippen LogP contribution in [0.1, 0.15) is 5.82 Å². The normalized spacial score (nSPS) is 11.2. The van der Waals surface area contributed by atoms with E-state index in [9.17, 15) is 13.2 Å². The lowest BCUT2D eigenvalue weighted by atomic mass is 10.3. The first-order valence-electron chi connectivity index (χ1n) is 8.25. The molecule has 4 rings (SSSR count). The minimum Gasteiger partial charge on any atom is -0.417 e. The second kappa shape index (κ2) is 7.58. The molecule has 0 spiro atoms. The van der Waals surface area contributed by atoms with Crippen LogP contribution in [0.15, 0.2) is 42.6 Å². The molecule has 4 aromatic rings. The molecule has 0 fully saturated rings. The average Bonchev–Trinajstić information content (AvgIpc) is 3.07. The summed E-state index contributed by atoms with van der Waals surface area (Å²) in [4.78, 5) is 20.3. The molecule has 0 saturated carbocycles. The van der Waals surface area contributed by atoms with Crippen LogP contribution in [0.5, 0.6) is 5.88 Å². The Kier molecular flexibility index (Phi) is 4.81. The van der Waals surface area contributed by atoms with Gasteiger partial charge in [-0.15, -0.1) is 0 Å². The number of nitrogens with one attached hydrogen (secondary N) is 1. The molecule has 0 bridgehead atoms. The monoisotopic (exact) mass is 402 g/mol. The molecule has 29 heavy (non-hydrogen) atoms. The lowest BCUT2D eigenvalue weighted by Gasteiger charge is -2.10. The lowest BCUT2D eigenvalue weighted by molar-refractivity contribution is -0.0528. The van der Waals surface area contributed by atoms with E-state index < -0.39 is 13.3 Å². The first-order valence-corrected chi connectivity index (χ1v) is 8.25. The number of hydrogen-bond acceptors (Lipinski definition) is 8. The Morgan fingerprint density at radius 1 is 1.07 bits per heavy atom. The molecule has 0 unspecified atom stereocenters. The number of pyridine rings is 1. The largest absolute Gasteiger partial charge is 0.417 e. The van der Waals surface area contributed by atoms with Crippen molar-refractivity contribution >= 4 is 28.6 Å². The molecule has 148 valence electrons. The smallest absolute Gasteiger partial charge is 0.388 e. The Morgan fingerprint density at radius 3 is 2.62 bits per heavy atom. The number of para-hydroxylation sites is 2. The standard InChI is InChI=1S/C17H13F3N8O/c18-7-12-24-10-3-1-2-4-11(10)28(12)17-26-15(21)25-16(27-17)23-9-5-6-13(22-8-9)29-14(19)20/h1-6,8,14H,7H2,(H3,21,23,25,26,27). The van der Waals surface area contributed by atoms with E-state index in [1.54, 1.807) is 24.3 Å². The number of hydrogen-bond donors (Lipinski definition) is 2. The van der Waals surface area contributed by atoms with Gasteiger partial charge >= 0.3 is 6.61 Å². The molecule has 0 aliphatic rings. The van der Waals surface area contributed by atoms with E-state index in [1.165, 1.54) is 22.9 Å². The number of nitrogens with zero attached hydrogens (tertiary/aromatic N) is 6. The van der Waals surface area contributed by atoms with Crippen molar-refractivity contribution < 1.29 is 17.9 Å². The van der Waals surface area contributed by atoms with Crippen LogP contribution in [0, 0.1) is 0 Å². The highest BCUT2D eigenvalue weighted by Crippen LogP contribution is 2.22. The van der Waals surface area contributed by atoms with Crippen LogP contribution >= 0.6 is 0 Å². The van der Waals surface area contributed by atoms with Crippen LogP contribution in [-0.2, 0) is 6.67 Å². The number of anilines is 3. The predicted octanol–water partition coefficient (Wildman–Crippen LogP) is 3.00. The topological polar surface area (TPSA) is 117 Å². The van der Waals surface area contributed by atoms with Gasteiger partial charge in [-0.25, -0.2) is 14.4 Å². The Balaban J connectivity index is 1.69. The fourth-order valence-corrected chi connectivity index (χ4v) is 2.67. The number of fused-ring (bicyclic) bond motifs is 1. The second-order valence-electron chi connectivity index (χ2n) is 5.69. The van der Waals surface area contributed by atoms with Crippen molar-refractivity contribution in [2.24, 2.45) is 0 Å². The van der Waals surface area contributed by atoms with Gasteiger partial charge in [-0.3, -0.25) is 4.57 Å². The number of nitrogen functional groups attached to an aromatic ring is 1. The van der Waals surface area contributed by atoms with Crippen molar-refractivity contribution in [3.63, 3.8) is 0 Å². The number of nitrogens with two attached hydrogens (primary N) is 1. The van der Waals surface area contributed by atoms with Gasteiger partial charge in [-0.2, -0.15) is 23.7 Å². The summed E-state index contributed by atoms with van der Waals surface area (Å²) in [6.07, 6.45) is 1.26. The molecule has 0 aliphatic carbocycles.